The molecule has 0 saturated heterocycles. The van der Waals surface area contributed by atoms with Crippen molar-refractivity contribution < 1.29 is 9.53 Å². The topological polar surface area (TPSA) is 64.3 Å². The van der Waals surface area contributed by atoms with Crippen molar-refractivity contribution in [3.8, 4) is 5.75 Å². The first-order valence-corrected chi connectivity index (χ1v) is 6.60. The average molecular weight is 264 g/mol. The molecule has 0 saturated carbocycles. The molecule has 4 heteroatoms. The number of amides is 1. The maximum absolute atomic E-state index is 11.6. The van der Waals surface area contributed by atoms with Crippen LogP contribution in [0, 0.1) is 13.8 Å². The molecule has 1 amide bonds. The van der Waals surface area contributed by atoms with Crippen molar-refractivity contribution in [1.82, 2.24) is 5.32 Å². The second-order valence-corrected chi connectivity index (χ2v) is 5.04. The molecule has 0 spiro atoms. The fourth-order valence-corrected chi connectivity index (χ4v) is 2.13. The summed E-state index contributed by atoms with van der Waals surface area (Å²) >= 11 is 0. The highest BCUT2D eigenvalue weighted by Crippen LogP contribution is 2.24. The molecule has 1 aromatic carbocycles. The van der Waals surface area contributed by atoms with Gasteiger partial charge in [-0.2, -0.15) is 0 Å². The van der Waals surface area contributed by atoms with E-state index >= 15 is 0 Å². The van der Waals surface area contributed by atoms with Crippen LogP contribution in [0.4, 0.5) is 0 Å². The Bertz CT molecular complexity index is 419. The molecule has 0 fully saturated rings. The van der Waals surface area contributed by atoms with Gasteiger partial charge >= 0.3 is 0 Å². The maximum Gasteiger partial charge on any atom is 0.220 e. The highest BCUT2D eigenvalue weighted by Gasteiger charge is 2.07. The van der Waals surface area contributed by atoms with E-state index in [9.17, 15) is 4.79 Å². The quantitative estimate of drug-likeness (QED) is 0.822. The molecule has 0 heterocycles. The summed E-state index contributed by atoms with van der Waals surface area (Å²) in [6, 6.07) is 4.14. The molecule has 4 nitrogen and oxygen atoms in total. The Balaban J connectivity index is 2.56. The molecule has 0 bridgehead atoms. The Hall–Kier alpha value is -1.55. The summed E-state index contributed by atoms with van der Waals surface area (Å²) < 4.78 is 5.33. The lowest BCUT2D eigenvalue weighted by atomic mass is 10.0. The van der Waals surface area contributed by atoms with Crippen molar-refractivity contribution in [3.63, 3.8) is 0 Å². The molecule has 1 atom stereocenters. The third-order valence-corrected chi connectivity index (χ3v) is 2.99. The molecule has 0 radical (unpaired) electrons. The van der Waals surface area contributed by atoms with Crippen molar-refractivity contribution >= 4 is 5.91 Å². The monoisotopic (exact) mass is 264 g/mol. The molecular weight excluding hydrogens is 240 g/mol. The number of rotatable bonds is 6. The van der Waals surface area contributed by atoms with Crippen molar-refractivity contribution in [2.45, 2.75) is 39.7 Å². The number of ether oxygens (including phenoxy) is 1. The number of carbonyl (C=O) groups is 1. The van der Waals surface area contributed by atoms with Crippen LogP contribution in [0.25, 0.3) is 0 Å². The van der Waals surface area contributed by atoms with E-state index in [2.05, 4.69) is 17.4 Å². The van der Waals surface area contributed by atoms with Crippen LogP contribution in [-0.4, -0.2) is 25.6 Å². The Kier molecular flexibility index (Phi) is 5.83. The summed E-state index contributed by atoms with van der Waals surface area (Å²) in [5.74, 6) is 0.966. The molecular formula is C15H24N2O2. The zero-order valence-electron chi connectivity index (χ0n) is 12.2. The number of benzene rings is 1. The lowest BCUT2D eigenvalue weighted by Gasteiger charge is -2.12. The second kappa shape index (κ2) is 7.14. The number of nitrogens with two attached hydrogens (primary N) is 1. The largest absolute Gasteiger partial charge is 0.496 e. The highest BCUT2D eigenvalue weighted by atomic mass is 16.5. The van der Waals surface area contributed by atoms with Crippen molar-refractivity contribution in [3.05, 3.63) is 28.8 Å². The van der Waals surface area contributed by atoms with Gasteiger partial charge in [0.25, 0.3) is 0 Å². The first-order valence-electron chi connectivity index (χ1n) is 6.60. The molecule has 1 unspecified atom stereocenters. The van der Waals surface area contributed by atoms with E-state index in [1.165, 1.54) is 0 Å². The van der Waals surface area contributed by atoms with E-state index in [1.54, 1.807) is 7.11 Å². The fourth-order valence-electron chi connectivity index (χ4n) is 2.13. The zero-order valence-corrected chi connectivity index (χ0v) is 12.2. The van der Waals surface area contributed by atoms with Gasteiger partial charge in [-0.05, 0) is 43.9 Å². The van der Waals surface area contributed by atoms with Crippen LogP contribution >= 0.6 is 0 Å². The van der Waals surface area contributed by atoms with Crippen LogP contribution < -0.4 is 15.8 Å². The van der Waals surface area contributed by atoms with Gasteiger partial charge in [0.05, 0.1) is 7.11 Å². The fraction of sp³-hybridized carbons (Fsp3) is 0.533. The van der Waals surface area contributed by atoms with Gasteiger partial charge in [-0.3, -0.25) is 4.79 Å². The Labute approximate surface area is 115 Å². The van der Waals surface area contributed by atoms with Crippen molar-refractivity contribution in [1.29, 1.82) is 0 Å². The van der Waals surface area contributed by atoms with E-state index in [0.29, 0.717) is 13.0 Å². The summed E-state index contributed by atoms with van der Waals surface area (Å²) in [5.41, 5.74) is 8.96. The standard InChI is InChI=1S/C15H24N2O2/c1-10-7-13(8-11(2)15(10)19-4)5-6-14(18)17-9-12(3)16/h7-8,12H,5-6,9,16H2,1-4H3,(H,17,18). The van der Waals surface area contributed by atoms with Crippen LogP contribution in [0.2, 0.25) is 0 Å². The number of carbonyl (C=O) groups excluding carboxylic acids is 1. The number of aryl methyl sites for hydroxylation is 3. The number of hydrogen-bond acceptors (Lipinski definition) is 3. The van der Waals surface area contributed by atoms with Gasteiger partial charge in [0.1, 0.15) is 5.75 Å². The molecule has 0 aliphatic rings. The second-order valence-electron chi connectivity index (χ2n) is 5.04. The molecule has 1 aromatic rings. The van der Waals surface area contributed by atoms with E-state index in [1.807, 2.05) is 20.8 Å². The summed E-state index contributed by atoms with van der Waals surface area (Å²) in [7, 11) is 1.68. The summed E-state index contributed by atoms with van der Waals surface area (Å²) in [6.45, 7) is 6.44. The minimum absolute atomic E-state index is 0.00516. The average Bonchev–Trinajstić information content (AvgIpc) is 2.33. The highest BCUT2D eigenvalue weighted by molar-refractivity contribution is 5.76. The van der Waals surface area contributed by atoms with Crippen LogP contribution in [-0.2, 0) is 11.2 Å². The van der Waals surface area contributed by atoms with Crippen molar-refractivity contribution in [2.75, 3.05) is 13.7 Å². The number of methoxy groups -OCH3 is 1. The molecule has 1 rings (SSSR count). The van der Waals surface area contributed by atoms with E-state index in [0.717, 1.165) is 28.9 Å². The van der Waals surface area contributed by atoms with Gasteiger partial charge in [0, 0.05) is 19.0 Å². The Morgan fingerprint density at radius 1 is 1.37 bits per heavy atom. The summed E-state index contributed by atoms with van der Waals surface area (Å²) in [6.07, 6.45) is 1.22. The van der Waals surface area contributed by atoms with Crippen LogP contribution in [0.5, 0.6) is 5.75 Å². The van der Waals surface area contributed by atoms with E-state index in [-0.39, 0.29) is 11.9 Å². The van der Waals surface area contributed by atoms with Crippen LogP contribution in [0.1, 0.15) is 30.0 Å². The summed E-state index contributed by atoms with van der Waals surface area (Å²) in [5, 5.41) is 2.82. The molecule has 3 N–H and O–H groups in total. The lowest BCUT2D eigenvalue weighted by molar-refractivity contribution is -0.121. The smallest absolute Gasteiger partial charge is 0.220 e. The Morgan fingerprint density at radius 2 is 1.95 bits per heavy atom. The SMILES string of the molecule is COc1c(C)cc(CCC(=O)NCC(C)N)cc1C. The number of nitrogens with one attached hydrogen (secondary N) is 1. The number of hydrogen-bond donors (Lipinski definition) is 2. The van der Waals surface area contributed by atoms with Gasteiger partial charge in [-0.15, -0.1) is 0 Å². The molecule has 106 valence electrons. The van der Waals surface area contributed by atoms with Gasteiger partial charge in [-0.1, -0.05) is 12.1 Å². The third-order valence-electron chi connectivity index (χ3n) is 2.99. The van der Waals surface area contributed by atoms with Gasteiger partial charge in [0.2, 0.25) is 5.91 Å². The van der Waals surface area contributed by atoms with E-state index in [4.69, 9.17) is 10.5 Å². The minimum Gasteiger partial charge on any atom is -0.496 e. The van der Waals surface area contributed by atoms with E-state index < -0.39 is 0 Å². The van der Waals surface area contributed by atoms with Crippen LogP contribution in [0.3, 0.4) is 0 Å². The van der Waals surface area contributed by atoms with Gasteiger partial charge in [-0.25, -0.2) is 0 Å². The minimum atomic E-state index is -0.00516. The summed E-state index contributed by atoms with van der Waals surface area (Å²) in [4.78, 5) is 11.6. The molecule has 0 aliphatic heterocycles. The molecule has 19 heavy (non-hydrogen) atoms. The molecule has 0 aromatic heterocycles. The third kappa shape index (κ3) is 4.91. The van der Waals surface area contributed by atoms with Crippen LogP contribution in [0.15, 0.2) is 12.1 Å². The molecule has 0 aliphatic carbocycles. The van der Waals surface area contributed by atoms with Gasteiger partial charge < -0.3 is 15.8 Å². The first kappa shape index (κ1) is 15.5. The van der Waals surface area contributed by atoms with Gasteiger partial charge in [0.15, 0.2) is 0 Å². The lowest BCUT2D eigenvalue weighted by Crippen LogP contribution is -2.35. The normalized spacial score (nSPS) is 12.1. The first-order chi connectivity index (χ1) is 8.93. The van der Waals surface area contributed by atoms with Crippen molar-refractivity contribution in [2.24, 2.45) is 5.73 Å². The Morgan fingerprint density at radius 3 is 2.42 bits per heavy atom. The predicted octanol–water partition coefficient (Wildman–Crippen LogP) is 1.71. The predicted molar refractivity (Wildman–Crippen MR) is 77.4 cm³/mol. The zero-order chi connectivity index (χ0) is 14.4. The maximum atomic E-state index is 11.6.